The molecule has 1 aromatic carbocycles. The van der Waals surface area contributed by atoms with Crippen molar-refractivity contribution < 1.29 is 0 Å². The van der Waals surface area contributed by atoms with Crippen LogP contribution in [0.3, 0.4) is 0 Å². The van der Waals surface area contributed by atoms with Crippen molar-refractivity contribution in [2.75, 3.05) is 49.5 Å². The van der Waals surface area contributed by atoms with Gasteiger partial charge in [0, 0.05) is 37.1 Å². The second kappa shape index (κ2) is 10.2. The number of pyridine rings is 1. The third-order valence-corrected chi connectivity index (χ3v) is 7.88. The highest BCUT2D eigenvalue weighted by atomic mass is 32.1. The first-order chi connectivity index (χ1) is 16.7. The first-order valence-corrected chi connectivity index (χ1v) is 13.4. The van der Waals surface area contributed by atoms with Crippen LogP contribution in [-0.4, -0.2) is 59.1 Å². The van der Waals surface area contributed by atoms with E-state index in [0.717, 1.165) is 82.7 Å². The van der Waals surface area contributed by atoms with E-state index in [1.165, 1.54) is 24.8 Å². The average molecular weight is 475 g/mol. The van der Waals surface area contributed by atoms with E-state index in [2.05, 4.69) is 66.2 Å². The van der Waals surface area contributed by atoms with Gasteiger partial charge >= 0.3 is 0 Å². The van der Waals surface area contributed by atoms with Crippen LogP contribution in [0.4, 0.5) is 11.8 Å². The topological polar surface area (TPSA) is 57.2 Å². The highest BCUT2D eigenvalue weighted by molar-refractivity contribution is 7.26. The molecule has 0 unspecified atom stereocenters. The summed E-state index contributed by atoms with van der Waals surface area (Å²) < 4.78 is 1.11. The molecule has 0 radical (unpaired) electrons. The zero-order chi connectivity index (χ0) is 23.5. The monoisotopic (exact) mass is 474 g/mol. The minimum absolute atomic E-state index is 0.851. The quantitative estimate of drug-likeness (QED) is 0.340. The summed E-state index contributed by atoms with van der Waals surface area (Å²) in [5.74, 6) is 1.80. The van der Waals surface area contributed by atoms with Gasteiger partial charge in [-0.1, -0.05) is 44.2 Å². The fraction of sp³-hybridized carbons (Fsp3) is 0.444. The molecule has 6 nitrogen and oxygen atoms in total. The molecule has 0 aliphatic carbocycles. The molecule has 0 spiro atoms. The van der Waals surface area contributed by atoms with Crippen molar-refractivity contribution in [2.24, 2.45) is 0 Å². The lowest BCUT2D eigenvalue weighted by atomic mass is 10.1. The Bertz CT molecular complexity index is 1260. The van der Waals surface area contributed by atoms with Crippen LogP contribution < -0.4 is 10.2 Å². The van der Waals surface area contributed by atoms with Gasteiger partial charge in [0.2, 0.25) is 5.95 Å². The second-order valence-electron chi connectivity index (χ2n) is 9.02. The predicted molar refractivity (Wildman–Crippen MR) is 145 cm³/mol. The molecule has 1 aliphatic heterocycles. The molecule has 1 saturated heterocycles. The lowest BCUT2D eigenvalue weighted by Gasteiger charge is -2.27. The smallest absolute Gasteiger partial charge is 0.227 e. The lowest BCUT2D eigenvalue weighted by Crippen LogP contribution is -2.31. The van der Waals surface area contributed by atoms with Crippen molar-refractivity contribution in [1.29, 1.82) is 0 Å². The van der Waals surface area contributed by atoms with E-state index >= 15 is 0 Å². The highest BCUT2D eigenvalue weighted by Gasteiger charge is 2.21. The van der Waals surface area contributed by atoms with Gasteiger partial charge in [-0.25, -0.2) is 9.97 Å². The molecule has 1 N–H and O–H groups in total. The van der Waals surface area contributed by atoms with E-state index in [1.54, 1.807) is 11.3 Å². The molecule has 5 rings (SSSR count). The van der Waals surface area contributed by atoms with Crippen molar-refractivity contribution in [2.45, 2.75) is 40.0 Å². The molecule has 4 aromatic rings. The molecule has 1 fully saturated rings. The molecule has 178 valence electrons. The third-order valence-electron chi connectivity index (χ3n) is 6.80. The summed E-state index contributed by atoms with van der Waals surface area (Å²) in [6.45, 7) is 12.6. The van der Waals surface area contributed by atoms with Crippen molar-refractivity contribution in [3.63, 3.8) is 0 Å². The summed E-state index contributed by atoms with van der Waals surface area (Å²) in [6, 6.07) is 12.6. The van der Waals surface area contributed by atoms with Gasteiger partial charge < -0.3 is 15.1 Å². The van der Waals surface area contributed by atoms with E-state index in [1.807, 2.05) is 6.07 Å². The Labute approximate surface area is 206 Å². The van der Waals surface area contributed by atoms with Crippen LogP contribution >= 0.6 is 11.3 Å². The largest absolute Gasteiger partial charge is 0.367 e. The SMILES string of the molecule is CCN(CC)CCNc1nc(N2CCCCC2)nc2c1sc1nc(-c3ccccc3)cc(C)c12. The Balaban J connectivity index is 1.60. The maximum absolute atomic E-state index is 5.12. The number of hydrogen-bond donors (Lipinski definition) is 1. The van der Waals surface area contributed by atoms with Gasteiger partial charge in [-0.3, -0.25) is 0 Å². The fourth-order valence-electron chi connectivity index (χ4n) is 4.79. The summed E-state index contributed by atoms with van der Waals surface area (Å²) >= 11 is 1.71. The van der Waals surface area contributed by atoms with Gasteiger partial charge in [-0.15, -0.1) is 11.3 Å². The van der Waals surface area contributed by atoms with Gasteiger partial charge in [0.15, 0.2) is 0 Å². The lowest BCUT2D eigenvalue weighted by molar-refractivity contribution is 0.316. The predicted octanol–water partition coefficient (Wildman–Crippen LogP) is 5.96. The third kappa shape index (κ3) is 4.59. The molecule has 1 aliphatic rings. The molecular weight excluding hydrogens is 440 g/mol. The summed E-state index contributed by atoms with van der Waals surface area (Å²) in [4.78, 5) is 21.0. The molecule has 0 saturated carbocycles. The van der Waals surface area contributed by atoms with Crippen LogP contribution in [0.5, 0.6) is 0 Å². The normalized spacial score (nSPS) is 14.4. The molecule has 0 amide bonds. The number of nitrogens with zero attached hydrogens (tertiary/aromatic N) is 5. The Hall–Kier alpha value is -2.77. The molecule has 0 bridgehead atoms. The van der Waals surface area contributed by atoms with Gasteiger partial charge in [-0.2, -0.15) is 4.98 Å². The fourth-order valence-corrected chi connectivity index (χ4v) is 5.95. The minimum atomic E-state index is 0.851. The number of fused-ring (bicyclic) bond motifs is 3. The Morgan fingerprint density at radius 3 is 2.50 bits per heavy atom. The number of aryl methyl sites for hydroxylation is 1. The van der Waals surface area contributed by atoms with Crippen molar-refractivity contribution >= 4 is 43.5 Å². The van der Waals surface area contributed by atoms with Crippen molar-refractivity contribution in [1.82, 2.24) is 19.9 Å². The van der Waals surface area contributed by atoms with Gasteiger partial charge in [0.05, 0.1) is 15.9 Å². The van der Waals surface area contributed by atoms with Crippen molar-refractivity contribution in [3.05, 3.63) is 42.0 Å². The average Bonchev–Trinajstić information content (AvgIpc) is 3.27. The second-order valence-corrected chi connectivity index (χ2v) is 10.0. The molecular formula is C27H34N6S. The van der Waals surface area contributed by atoms with E-state index in [0.29, 0.717) is 0 Å². The number of likely N-dealkylation sites (N-methyl/N-ethyl adjacent to an activating group) is 1. The molecule has 0 atom stereocenters. The maximum Gasteiger partial charge on any atom is 0.227 e. The van der Waals surface area contributed by atoms with Crippen LogP contribution in [0.1, 0.15) is 38.7 Å². The molecule has 3 aromatic heterocycles. The van der Waals surface area contributed by atoms with E-state index in [9.17, 15) is 0 Å². The van der Waals surface area contributed by atoms with Crippen LogP contribution in [0.25, 0.3) is 31.7 Å². The van der Waals surface area contributed by atoms with E-state index in [4.69, 9.17) is 15.0 Å². The standard InChI is InChI=1S/C27H34N6S/c1-4-32(5-2)17-14-28-25-24-23(30-27(31-25)33-15-10-7-11-16-33)22-19(3)18-21(29-26(22)34-24)20-12-8-6-9-13-20/h6,8-9,12-13,18H,4-5,7,10-11,14-17H2,1-3H3,(H,28,30,31). The molecule has 4 heterocycles. The molecule has 34 heavy (non-hydrogen) atoms. The summed E-state index contributed by atoms with van der Waals surface area (Å²) in [5.41, 5.74) is 4.40. The van der Waals surface area contributed by atoms with Gasteiger partial charge in [-0.05, 0) is 50.9 Å². The van der Waals surface area contributed by atoms with Crippen LogP contribution in [0.15, 0.2) is 36.4 Å². The first kappa shape index (κ1) is 23.0. The van der Waals surface area contributed by atoms with Gasteiger partial charge in [0.25, 0.3) is 0 Å². The number of hydrogen-bond acceptors (Lipinski definition) is 7. The van der Waals surface area contributed by atoms with Crippen LogP contribution in [0, 0.1) is 6.92 Å². The number of rotatable bonds is 8. The number of aromatic nitrogens is 3. The number of thiophene rings is 1. The van der Waals surface area contributed by atoms with Crippen LogP contribution in [0.2, 0.25) is 0 Å². The van der Waals surface area contributed by atoms with Crippen molar-refractivity contribution in [3.8, 4) is 11.3 Å². The molecule has 7 heteroatoms. The maximum atomic E-state index is 5.12. The van der Waals surface area contributed by atoms with Gasteiger partial charge in [0.1, 0.15) is 10.6 Å². The summed E-state index contributed by atoms with van der Waals surface area (Å²) in [5, 5.41) is 4.82. The number of anilines is 2. The Morgan fingerprint density at radius 1 is 1.00 bits per heavy atom. The van der Waals surface area contributed by atoms with E-state index in [-0.39, 0.29) is 0 Å². The highest BCUT2D eigenvalue weighted by Crippen LogP contribution is 2.39. The number of piperidine rings is 1. The zero-order valence-corrected chi connectivity index (χ0v) is 21.3. The Kier molecular flexibility index (Phi) is 6.92. The van der Waals surface area contributed by atoms with Crippen LogP contribution in [-0.2, 0) is 0 Å². The zero-order valence-electron chi connectivity index (χ0n) is 20.5. The number of benzene rings is 1. The minimum Gasteiger partial charge on any atom is -0.367 e. The van der Waals surface area contributed by atoms with E-state index < -0.39 is 0 Å². The summed E-state index contributed by atoms with van der Waals surface area (Å²) in [7, 11) is 0. The number of nitrogens with one attached hydrogen (secondary N) is 1. The first-order valence-electron chi connectivity index (χ1n) is 12.6. The summed E-state index contributed by atoms with van der Waals surface area (Å²) in [6.07, 6.45) is 3.70. The Morgan fingerprint density at radius 2 is 1.76 bits per heavy atom.